The molecule has 23 nitrogen and oxygen atoms in total. The lowest BCUT2D eigenvalue weighted by atomic mass is 10.1. The maximum Gasteiger partial charge on any atom is 0.327 e. The number of aromatic nitrogens is 1. The number of carboxylic acids is 5. The van der Waals surface area contributed by atoms with Gasteiger partial charge in [0.25, 0.3) is 0 Å². The molecule has 0 saturated carbocycles. The molecular formula is C29H43N7O16S2. The molecule has 0 aromatic carbocycles. The number of hydrogen-bond acceptors (Lipinski definition) is 14. The van der Waals surface area contributed by atoms with Crippen LogP contribution in [0.3, 0.4) is 0 Å². The predicted molar refractivity (Wildman–Crippen MR) is 187 cm³/mol. The Balaban J connectivity index is 2.57. The smallest absolute Gasteiger partial charge is 0.327 e. The Kier molecular flexibility index (Phi) is 20.1. The molecular weight excluding hydrogens is 766 g/mol. The number of aliphatic carboxylic acids is 5. The number of nitrogens with zero attached hydrogens (tertiary/aromatic N) is 1. The molecule has 1 aromatic heterocycles. The normalized spacial score (nSPS) is 13.6. The van der Waals surface area contributed by atoms with Crippen LogP contribution >= 0.6 is 24.4 Å². The number of carbonyl (C=O) groups excluding carboxylic acids is 4. The van der Waals surface area contributed by atoms with E-state index in [9.17, 15) is 58.5 Å². The molecule has 1 rings (SSSR count). The zero-order valence-electron chi connectivity index (χ0n) is 28.4. The second kappa shape index (κ2) is 23.3. The van der Waals surface area contributed by atoms with E-state index in [-0.39, 0.29) is 41.8 Å². The van der Waals surface area contributed by atoms with Crippen LogP contribution in [-0.4, -0.2) is 142 Å². The van der Waals surface area contributed by atoms with Crippen LogP contribution in [0.5, 0.6) is 11.8 Å². The van der Waals surface area contributed by atoms with Gasteiger partial charge in [-0.2, -0.15) is 12.6 Å². The van der Waals surface area contributed by atoms with Gasteiger partial charge in [-0.1, -0.05) is 6.42 Å². The largest absolute Gasteiger partial charge is 0.494 e. The minimum atomic E-state index is -1.66. The summed E-state index contributed by atoms with van der Waals surface area (Å²) in [6, 6.07) is -7.71. The lowest BCUT2D eigenvalue weighted by molar-refractivity contribution is -0.143. The van der Waals surface area contributed by atoms with E-state index < -0.39 is 109 Å². The summed E-state index contributed by atoms with van der Waals surface area (Å²) < 4.78 is 1.12. The average Bonchev–Trinajstić information content (AvgIpc) is 3.35. The van der Waals surface area contributed by atoms with Gasteiger partial charge in [-0.25, -0.2) is 19.2 Å². The van der Waals surface area contributed by atoms with Crippen LogP contribution in [0.2, 0.25) is 0 Å². The zero-order valence-corrected chi connectivity index (χ0v) is 30.1. The molecule has 25 heteroatoms. The summed E-state index contributed by atoms with van der Waals surface area (Å²) in [4.78, 5) is 105. The first-order valence-corrected chi connectivity index (χ1v) is 17.6. The summed E-state index contributed by atoms with van der Waals surface area (Å²) in [5.74, 6) is -11.3. The van der Waals surface area contributed by atoms with Crippen molar-refractivity contribution in [2.45, 2.75) is 86.6 Å². The van der Waals surface area contributed by atoms with Gasteiger partial charge in [0.1, 0.15) is 30.2 Å². The van der Waals surface area contributed by atoms with Gasteiger partial charge in [-0.3, -0.25) is 28.5 Å². The van der Waals surface area contributed by atoms with E-state index in [0.717, 1.165) is 22.4 Å². The van der Waals surface area contributed by atoms with Crippen LogP contribution in [0.4, 0.5) is 4.79 Å². The lowest BCUT2D eigenvalue weighted by Crippen LogP contribution is -2.57. The maximum absolute atomic E-state index is 12.5. The van der Waals surface area contributed by atoms with Crippen molar-refractivity contribution in [3.05, 3.63) is 6.07 Å². The number of urea groups is 1. The molecule has 1 aromatic rings. The highest BCUT2D eigenvalue weighted by molar-refractivity contribution is 7.99. The Bertz CT molecular complexity index is 1540. The molecule has 14 N–H and O–H groups in total. The third-order valence-electron chi connectivity index (χ3n) is 7.22. The molecule has 0 saturated heterocycles. The number of thioether (sulfide) groups is 1. The van der Waals surface area contributed by atoms with E-state index in [1.54, 1.807) is 0 Å². The van der Waals surface area contributed by atoms with E-state index in [0.29, 0.717) is 19.3 Å². The van der Waals surface area contributed by atoms with Gasteiger partial charge in [0.2, 0.25) is 23.6 Å². The molecule has 0 fully saturated rings. The van der Waals surface area contributed by atoms with Crippen molar-refractivity contribution in [1.82, 2.24) is 31.2 Å². The van der Waals surface area contributed by atoms with Crippen LogP contribution in [0.1, 0.15) is 44.9 Å². The fourth-order valence-corrected chi connectivity index (χ4v) is 5.56. The first-order valence-electron chi connectivity index (χ1n) is 15.9. The molecule has 5 atom stereocenters. The second-order valence-corrected chi connectivity index (χ2v) is 12.9. The topological polar surface area (TPSA) is 386 Å². The Morgan fingerprint density at radius 3 is 1.89 bits per heavy atom. The number of rotatable bonds is 26. The molecule has 0 aliphatic rings. The summed E-state index contributed by atoms with van der Waals surface area (Å²) in [5.41, 5.74) is 5.76. The number of aromatic hydroxyl groups is 2. The summed E-state index contributed by atoms with van der Waals surface area (Å²) in [6.07, 6.45) is -0.827. The quantitative estimate of drug-likeness (QED) is 0.0262. The van der Waals surface area contributed by atoms with Crippen molar-refractivity contribution >= 4 is 78.0 Å². The Labute approximate surface area is 315 Å². The number of carboxylic acid groups (broad SMARTS) is 5. The van der Waals surface area contributed by atoms with Crippen molar-refractivity contribution in [3.63, 3.8) is 0 Å². The molecule has 5 amide bonds. The molecule has 54 heavy (non-hydrogen) atoms. The second-order valence-electron chi connectivity index (χ2n) is 11.4. The number of hydrogen-bond donors (Lipinski definition) is 14. The van der Waals surface area contributed by atoms with Crippen molar-refractivity contribution in [2.24, 2.45) is 5.73 Å². The third kappa shape index (κ3) is 16.9. The van der Waals surface area contributed by atoms with E-state index in [1.165, 1.54) is 0 Å². The summed E-state index contributed by atoms with van der Waals surface area (Å²) in [7, 11) is 0. The number of nitrogens with two attached hydrogens (primary N) is 1. The number of nitrogens with one attached hydrogen (secondary N) is 5. The number of carbonyl (C=O) groups is 9. The molecule has 302 valence electrons. The third-order valence-corrected chi connectivity index (χ3v) is 8.70. The molecule has 5 unspecified atom stereocenters. The first-order chi connectivity index (χ1) is 25.3. The monoisotopic (exact) mass is 809 g/mol. The highest BCUT2D eigenvalue weighted by atomic mass is 32.2. The van der Waals surface area contributed by atoms with Crippen molar-refractivity contribution in [1.29, 1.82) is 0 Å². The summed E-state index contributed by atoms with van der Waals surface area (Å²) in [6.45, 7) is -0.308. The van der Waals surface area contributed by atoms with E-state index in [1.807, 2.05) is 5.32 Å². The summed E-state index contributed by atoms with van der Waals surface area (Å²) in [5, 5.41) is 77.0. The Morgan fingerprint density at radius 1 is 0.741 bits per heavy atom. The predicted octanol–water partition coefficient (Wildman–Crippen LogP) is -2.48. The minimum Gasteiger partial charge on any atom is -0.494 e. The van der Waals surface area contributed by atoms with E-state index >= 15 is 0 Å². The van der Waals surface area contributed by atoms with Gasteiger partial charge < -0.3 is 68.1 Å². The number of unbranched alkanes of at least 4 members (excludes halogenated alkanes) is 2. The van der Waals surface area contributed by atoms with Crippen LogP contribution < -0.4 is 32.3 Å². The van der Waals surface area contributed by atoms with Gasteiger partial charge in [0.15, 0.2) is 5.88 Å². The highest BCUT2D eigenvalue weighted by Gasteiger charge is 2.30. The number of thiol groups is 1. The SMILES string of the molecule is NC(CNC(=O)CCCCCn1c(O)cc(SCC(NC(=O)NC(CCC(=O)O)C(=O)O)C(=O)O)c1O)C(=O)NC(CC(=O)O)C(=O)NC(CS)C(=O)O. The summed E-state index contributed by atoms with van der Waals surface area (Å²) >= 11 is 4.55. The van der Waals surface area contributed by atoms with Crippen molar-refractivity contribution in [3.8, 4) is 11.8 Å². The first kappa shape index (κ1) is 46.6. The lowest BCUT2D eigenvalue weighted by Gasteiger charge is -2.21. The minimum absolute atomic E-state index is 0.0205. The van der Waals surface area contributed by atoms with Crippen molar-refractivity contribution in [2.75, 3.05) is 18.1 Å². The number of amides is 5. The van der Waals surface area contributed by atoms with Gasteiger partial charge >= 0.3 is 35.9 Å². The fraction of sp³-hybridized carbons (Fsp3) is 0.552. The molecule has 0 aliphatic carbocycles. The Morgan fingerprint density at radius 2 is 1.33 bits per heavy atom. The molecule has 0 bridgehead atoms. The van der Waals surface area contributed by atoms with Gasteiger partial charge in [-0.05, 0) is 19.3 Å². The fourth-order valence-electron chi connectivity index (χ4n) is 4.32. The van der Waals surface area contributed by atoms with E-state index in [4.69, 9.17) is 26.2 Å². The maximum atomic E-state index is 12.5. The van der Waals surface area contributed by atoms with Crippen LogP contribution in [0, 0.1) is 0 Å². The molecule has 0 radical (unpaired) electrons. The average molecular weight is 810 g/mol. The molecule has 0 spiro atoms. The highest BCUT2D eigenvalue weighted by Crippen LogP contribution is 2.36. The van der Waals surface area contributed by atoms with E-state index in [2.05, 4.69) is 33.9 Å². The molecule has 0 aliphatic heterocycles. The van der Waals surface area contributed by atoms with Crippen molar-refractivity contribution < 1.29 is 78.9 Å². The van der Waals surface area contributed by atoms with Gasteiger partial charge in [0, 0.05) is 43.5 Å². The standard InChI is InChI=1S/C29H43N7O16S2/c30-13(23(43)32-15(8-22(41)42)24(44)33-16(11-53)27(48)49)10-31-19(37)4-2-1-3-7-36-20(38)9-18(25(36)45)54-12-17(28(50)51)35-29(52)34-14(26(46)47)5-6-21(39)40/h9,13-17,38,45,53H,1-8,10-12,30H2,(H,31,37)(H,32,43)(H,33,44)(H,39,40)(H,41,42)(H,46,47)(H,48,49)(H,50,51)(H2,34,35,52). The van der Waals surface area contributed by atoms with Gasteiger partial charge in [0.05, 0.1) is 11.3 Å². The molecule has 1 heterocycles. The Hall–Kier alpha value is -5.43. The van der Waals surface area contributed by atoms with Crippen LogP contribution in [0.15, 0.2) is 11.0 Å². The van der Waals surface area contributed by atoms with Gasteiger partial charge in [-0.15, -0.1) is 11.8 Å². The van der Waals surface area contributed by atoms with Crippen LogP contribution in [0.25, 0.3) is 0 Å². The zero-order chi connectivity index (χ0) is 41.1. The van der Waals surface area contributed by atoms with Crippen LogP contribution in [-0.2, 0) is 44.9 Å².